The number of aromatic nitrogens is 3. The fourth-order valence-corrected chi connectivity index (χ4v) is 5.97. The van der Waals surface area contributed by atoms with Crippen LogP contribution in [-0.4, -0.2) is 61.7 Å². The summed E-state index contributed by atoms with van der Waals surface area (Å²) in [7, 11) is 2.07. The molecule has 0 aromatic carbocycles. The number of piperidine rings is 2. The quantitative estimate of drug-likeness (QED) is 0.715. The Bertz CT molecular complexity index is 961. The first-order valence-corrected chi connectivity index (χ1v) is 11.4. The molecule has 154 valence electrons. The molecule has 2 fully saturated rings. The molecule has 0 amide bonds. The number of pyridine rings is 1. The summed E-state index contributed by atoms with van der Waals surface area (Å²) in [6.45, 7) is 5.96. The molecule has 1 N–H and O–H groups in total. The van der Waals surface area contributed by atoms with Gasteiger partial charge in [-0.25, -0.2) is 4.98 Å². The summed E-state index contributed by atoms with van der Waals surface area (Å²) in [5.74, 6) is 0. The van der Waals surface area contributed by atoms with Crippen molar-refractivity contribution in [3.8, 4) is 0 Å². The van der Waals surface area contributed by atoms with E-state index < -0.39 is 0 Å². The van der Waals surface area contributed by atoms with Crippen LogP contribution >= 0.6 is 11.3 Å². The Labute approximate surface area is 175 Å². The Morgan fingerprint density at radius 3 is 2.90 bits per heavy atom. The van der Waals surface area contributed by atoms with Gasteiger partial charge in [-0.1, -0.05) is 0 Å². The van der Waals surface area contributed by atoms with Gasteiger partial charge in [0.1, 0.15) is 5.65 Å². The molecule has 29 heavy (non-hydrogen) atoms. The number of fused-ring (bicyclic) bond motifs is 1. The number of aliphatic hydroxyl groups is 1. The van der Waals surface area contributed by atoms with Crippen molar-refractivity contribution in [2.45, 2.75) is 38.5 Å². The number of aliphatic hydroxyl groups excluding tert-OH is 1. The summed E-state index contributed by atoms with van der Waals surface area (Å²) in [4.78, 5) is 15.0. The molecular formula is C22H29N5OS. The van der Waals surface area contributed by atoms with Crippen LogP contribution in [0.4, 0.5) is 0 Å². The summed E-state index contributed by atoms with van der Waals surface area (Å²) >= 11 is 1.71. The third-order valence-electron chi connectivity index (χ3n) is 6.69. The number of hydrogen-bond donors (Lipinski definition) is 1. The number of likely N-dealkylation sites (tertiary alicyclic amines) is 2. The number of thiazole rings is 1. The van der Waals surface area contributed by atoms with E-state index in [2.05, 4.69) is 43.6 Å². The maximum absolute atomic E-state index is 10.6. The van der Waals surface area contributed by atoms with E-state index in [0.717, 1.165) is 64.2 Å². The van der Waals surface area contributed by atoms with E-state index in [9.17, 15) is 5.11 Å². The standard InChI is InChI=1S/C22H29N5OS/c1-25-11-17(20-3-2-6-24-21(20)25)12-26-7-4-22(5-8-26)9-18(28)13-27(15-22)14-19-10-23-16-29-19/h2-3,6,10-11,16,18,28H,4-5,7-9,12-15H2,1H3. The van der Waals surface area contributed by atoms with Crippen molar-refractivity contribution >= 4 is 22.4 Å². The molecule has 2 aliphatic heterocycles. The largest absolute Gasteiger partial charge is 0.392 e. The number of aryl methyl sites for hydroxylation is 1. The molecule has 0 saturated carbocycles. The normalized spacial score (nSPS) is 23.2. The van der Waals surface area contributed by atoms with Gasteiger partial charge in [0.2, 0.25) is 0 Å². The van der Waals surface area contributed by atoms with E-state index in [1.165, 1.54) is 15.8 Å². The molecule has 1 atom stereocenters. The second kappa shape index (κ2) is 7.80. The monoisotopic (exact) mass is 411 g/mol. The van der Waals surface area contributed by atoms with E-state index in [-0.39, 0.29) is 11.5 Å². The summed E-state index contributed by atoms with van der Waals surface area (Å²) in [5.41, 5.74) is 4.57. The molecule has 6 nitrogen and oxygen atoms in total. The topological polar surface area (TPSA) is 57.4 Å². The molecule has 5 heterocycles. The van der Waals surface area contributed by atoms with E-state index in [1.807, 2.05) is 24.0 Å². The zero-order valence-electron chi connectivity index (χ0n) is 17.0. The Balaban J connectivity index is 1.24. The maximum Gasteiger partial charge on any atom is 0.139 e. The Hall–Kier alpha value is -1.80. The van der Waals surface area contributed by atoms with Crippen molar-refractivity contribution < 1.29 is 5.11 Å². The van der Waals surface area contributed by atoms with Crippen molar-refractivity contribution in [2.24, 2.45) is 12.5 Å². The van der Waals surface area contributed by atoms with Crippen LogP contribution in [0.1, 0.15) is 29.7 Å². The summed E-state index contributed by atoms with van der Waals surface area (Å²) in [6.07, 6.45) is 9.09. The highest BCUT2D eigenvalue weighted by Gasteiger charge is 2.41. The van der Waals surface area contributed by atoms with Gasteiger partial charge in [-0.3, -0.25) is 14.8 Å². The second-order valence-electron chi connectivity index (χ2n) is 8.91. The van der Waals surface area contributed by atoms with Crippen LogP contribution in [0.5, 0.6) is 0 Å². The van der Waals surface area contributed by atoms with E-state index >= 15 is 0 Å². The zero-order valence-corrected chi connectivity index (χ0v) is 17.8. The predicted molar refractivity (Wildman–Crippen MR) is 116 cm³/mol. The Morgan fingerprint density at radius 2 is 2.10 bits per heavy atom. The number of β-amino-alcohol motifs (C(OH)–C–C–N with tert-alkyl or cyclic N) is 1. The van der Waals surface area contributed by atoms with Crippen LogP contribution in [0.15, 0.2) is 36.2 Å². The van der Waals surface area contributed by atoms with Gasteiger partial charge in [-0.15, -0.1) is 11.3 Å². The zero-order chi connectivity index (χ0) is 19.8. The lowest BCUT2D eigenvalue weighted by Crippen LogP contribution is -2.53. The molecule has 0 radical (unpaired) electrons. The van der Waals surface area contributed by atoms with Crippen molar-refractivity contribution in [3.05, 3.63) is 46.7 Å². The first kappa shape index (κ1) is 19.2. The molecule has 1 unspecified atom stereocenters. The van der Waals surface area contributed by atoms with Crippen molar-refractivity contribution in [2.75, 3.05) is 26.2 Å². The molecule has 3 aromatic rings. The minimum atomic E-state index is -0.215. The average molecular weight is 412 g/mol. The summed E-state index contributed by atoms with van der Waals surface area (Å²) in [6, 6.07) is 4.20. The van der Waals surface area contributed by atoms with Crippen LogP contribution in [0, 0.1) is 5.41 Å². The van der Waals surface area contributed by atoms with Gasteiger partial charge >= 0.3 is 0 Å². The third kappa shape index (κ3) is 3.97. The lowest BCUT2D eigenvalue weighted by atomic mass is 9.71. The van der Waals surface area contributed by atoms with Crippen molar-refractivity contribution in [1.29, 1.82) is 0 Å². The van der Waals surface area contributed by atoms with Gasteiger partial charge in [0.15, 0.2) is 0 Å². The average Bonchev–Trinajstić information content (AvgIpc) is 3.32. The lowest BCUT2D eigenvalue weighted by Gasteiger charge is -2.49. The van der Waals surface area contributed by atoms with Crippen molar-refractivity contribution in [3.63, 3.8) is 0 Å². The lowest BCUT2D eigenvalue weighted by molar-refractivity contribution is -0.0443. The number of nitrogens with zero attached hydrogens (tertiary/aromatic N) is 5. The Kier molecular flexibility index (Phi) is 5.16. The molecule has 2 saturated heterocycles. The van der Waals surface area contributed by atoms with E-state index in [0.29, 0.717) is 0 Å². The van der Waals surface area contributed by atoms with Crippen LogP contribution in [0.3, 0.4) is 0 Å². The van der Waals surface area contributed by atoms with Crippen molar-refractivity contribution in [1.82, 2.24) is 24.3 Å². The van der Waals surface area contributed by atoms with Gasteiger partial charge < -0.3 is 9.67 Å². The highest BCUT2D eigenvalue weighted by atomic mass is 32.1. The molecular weight excluding hydrogens is 382 g/mol. The first-order valence-electron chi connectivity index (χ1n) is 10.5. The minimum absolute atomic E-state index is 0.215. The fraction of sp³-hybridized carbons (Fsp3) is 0.545. The molecule has 5 rings (SSSR count). The van der Waals surface area contributed by atoms with Crippen LogP contribution in [0.2, 0.25) is 0 Å². The highest BCUT2D eigenvalue weighted by Crippen LogP contribution is 2.41. The summed E-state index contributed by atoms with van der Waals surface area (Å²) in [5, 5.41) is 11.8. The smallest absolute Gasteiger partial charge is 0.139 e. The number of hydrogen-bond acceptors (Lipinski definition) is 6. The number of rotatable bonds is 4. The van der Waals surface area contributed by atoms with Gasteiger partial charge in [0.05, 0.1) is 11.6 Å². The van der Waals surface area contributed by atoms with Gasteiger partial charge in [-0.05, 0) is 55.5 Å². The predicted octanol–water partition coefficient (Wildman–Crippen LogP) is 2.88. The third-order valence-corrected chi connectivity index (χ3v) is 7.45. The first-order chi connectivity index (χ1) is 14.1. The molecule has 0 aliphatic carbocycles. The van der Waals surface area contributed by atoms with Gasteiger partial charge in [0, 0.05) is 62.1 Å². The highest BCUT2D eigenvalue weighted by molar-refractivity contribution is 7.09. The van der Waals surface area contributed by atoms with E-state index in [4.69, 9.17) is 0 Å². The van der Waals surface area contributed by atoms with Crippen LogP contribution in [0.25, 0.3) is 11.0 Å². The molecule has 7 heteroatoms. The Morgan fingerprint density at radius 1 is 1.24 bits per heavy atom. The molecule has 2 aliphatic rings. The SMILES string of the molecule is Cn1cc(CN2CCC3(CC2)CC(O)CN(Cc2cncs2)C3)c2cccnc21. The van der Waals surface area contributed by atoms with E-state index in [1.54, 1.807) is 11.3 Å². The molecule has 3 aromatic heterocycles. The summed E-state index contributed by atoms with van der Waals surface area (Å²) < 4.78 is 2.13. The van der Waals surface area contributed by atoms with Crippen LogP contribution in [-0.2, 0) is 20.1 Å². The van der Waals surface area contributed by atoms with Gasteiger partial charge in [0.25, 0.3) is 0 Å². The fourth-order valence-electron chi connectivity index (χ4n) is 5.33. The second-order valence-corrected chi connectivity index (χ2v) is 9.88. The molecule has 1 spiro atoms. The van der Waals surface area contributed by atoms with Gasteiger partial charge in [-0.2, -0.15) is 0 Å². The van der Waals surface area contributed by atoms with Crippen LogP contribution < -0.4 is 0 Å². The molecule has 0 bridgehead atoms. The maximum atomic E-state index is 10.6. The minimum Gasteiger partial charge on any atom is -0.392 e.